The third kappa shape index (κ3) is 3.66. The van der Waals surface area contributed by atoms with Gasteiger partial charge in [-0.05, 0) is 31.2 Å². The van der Waals surface area contributed by atoms with Crippen LogP contribution in [0.3, 0.4) is 0 Å². The predicted molar refractivity (Wildman–Crippen MR) is 97.9 cm³/mol. The van der Waals surface area contributed by atoms with Gasteiger partial charge in [-0.2, -0.15) is 0 Å². The molecular weight excluding hydrogens is 340 g/mol. The van der Waals surface area contributed by atoms with Crippen LogP contribution in [0, 0.1) is 0 Å². The van der Waals surface area contributed by atoms with E-state index in [1.807, 2.05) is 24.3 Å². The Hall–Kier alpha value is -2.80. The molecule has 1 N–H and O–H groups in total. The summed E-state index contributed by atoms with van der Waals surface area (Å²) >= 11 is 1.33. The lowest BCUT2D eigenvalue weighted by atomic mass is 10.3. The molecule has 3 rings (SSSR count). The van der Waals surface area contributed by atoms with Crippen molar-refractivity contribution in [1.82, 2.24) is 4.98 Å². The Bertz CT molecular complexity index is 838. The maximum Gasteiger partial charge on any atom is 0.266 e. The van der Waals surface area contributed by atoms with Crippen molar-refractivity contribution < 1.29 is 19.0 Å². The number of anilines is 1. The number of rotatable bonds is 6. The number of fused-ring (bicyclic) bond motifs is 1. The molecule has 0 aliphatic rings. The smallest absolute Gasteiger partial charge is 0.266 e. The van der Waals surface area contributed by atoms with Crippen LogP contribution in [0.4, 0.5) is 5.13 Å². The molecule has 0 saturated carbocycles. The third-order valence-electron chi connectivity index (χ3n) is 3.57. The number of hydrogen-bond donors (Lipinski definition) is 1. The zero-order valence-corrected chi connectivity index (χ0v) is 14.9. The van der Waals surface area contributed by atoms with Gasteiger partial charge in [-0.1, -0.05) is 29.5 Å². The second-order valence-corrected chi connectivity index (χ2v) is 6.23. The molecular formula is C18H18N2O4S. The minimum Gasteiger partial charge on any atom is -0.495 e. The van der Waals surface area contributed by atoms with Gasteiger partial charge in [0.25, 0.3) is 5.91 Å². The van der Waals surface area contributed by atoms with Gasteiger partial charge in [-0.3, -0.25) is 10.1 Å². The molecule has 0 spiro atoms. The van der Waals surface area contributed by atoms with E-state index in [0.717, 1.165) is 4.70 Å². The van der Waals surface area contributed by atoms with Crippen LogP contribution < -0.4 is 19.5 Å². The number of methoxy groups -OCH3 is 2. The van der Waals surface area contributed by atoms with E-state index in [1.54, 1.807) is 39.3 Å². The fourth-order valence-electron chi connectivity index (χ4n) is 2.30. The summed E-state index contributed by atoms with van der Waals surface area (Å²) in [6.45, 7) is 1.69. The van der Waals surface area contributed by atoms with E-state index in [9.17, 15) is 4.79 Å². The summed E-state index contributed by atoms with van der Waals surface area (Å²) in [5, 5.41) is 3.25. The molecule has 25 heavy (non-hydrogen) atoms. The van der Waals surface area contributed by atoms with Crippen LogP contribution >= 0.6 is 11.3 Å². The Balaban J connectivity index is 1.79. The number of carbonyl (C=O) groups is 1. The maximum atomic E-state index is 12.4. The van der Waals surface area contributed by atoms with Crippen molar-refractivity contribution in [3.05, 3.63) is 42.5 Å². The van der Waals surface area contributed by atoms with Gasteiger partial charge in [0.1, 0.15) is 27.5 Å². The largest absolute Gasteiger partial charge is 0.495 e. The third-order valence-corrected chi connectivity index (χ3v) is 4.55. The average molecular weight is 358 g/mol. The number of benzene rings is 2. The molecule has 0 saturated heterocycles. The highest BCUT2D eigenvalue weighted by Crippen LogP contribution is 2.38. The van der Waals surface area contributed by atoms with E-state index < -0.39 is 6.10 Å². The van der Waals surface area contributed by atoms with Crippen LogP contribution in [0.1, 0.15) is 6.92 Å². The molecule has 1 heterocycles. The molecule has 1 aromatic heterocycles. The highest BCUT2D eigenvalue weighted by molar-refractivity contribution is 7.22. The van der Waals surface area contributed by atoms with Crippen molar-refractivity contribution in [1.29, 1.82) is 0 Å². The summed E-state index contributed by atoms with van der Waals surface area (Å²) in [4.78, 5) is 16.8. The Kier molecular flexibility index (Phi) is 5.04. The van der Waals surface area contributed by atoms with E-state index in [4.69, 9.17) is 14.2 Å². The van der Waals surface area contributed by atoms with Gasteiger partial charge < -0.3 is 14.2 Å². The van der Waals surface area contributed by atoms with Gasteiger partial charge in [-0.25, -0.2) is 4.98 Å². The highest BCUT2D eigenvalue weighted by Gasteiger charge is 2.19. The lowest BCUT2D eigenvalue weighted by molar-refractivity contribution is -0.122. The van der Waals surface area contributed by atoms with Gasteiger partial charge in [0.05, 0.1) is 14.2 Å². The number of hydrogen-bond acceptors (Lipinski definition) is 6. The molecule has 0 bridgehead atoms. The fraction of sp³-hybridized carbons (Fsp3) is 0.222. The molecule has 7 heteroatoms. The number of nitrogens with one attached hydrogen (secondary N) is 1. The molecule has 0 fully saturated rings. The van der Waals surface area contributed by atoms with Gasteiger partial charge in [0, 0.05) is 0 Å². The van der Waals surface area contributed by atoms with Crippen molar-refractivity contribution in [2.24, 2.45) is 0 Å². The first-order valence-electron chi connectivity index (χ1n) is 7.66. The Morgan fingerprint density at radius 1 is 1.08 bits per heavy atom. The number of aromatic nitrogens is 1. The van der Waals surface area contributed by atoms with Gasteiger partial charge in [0.2, 0.25) is 0 Å². The zero-order valence-electron chi connectivity index (χ0n) is 14.1. The first kappa shape index (κ1) is 17.0. The lowest BCUT2D eigenvalue weighted by Gasteiger charge is -2.13. The Labute approximate surface area is 149 Å². The second-order valence-electron chi connectivity index (χ2n) is 5.23. The lowest BCUT2D eigenvalue weighted by Crippen LogP contribution is -2.30. The topological polar surface area (TPSA) is 69.7 Å². The molecule has 130 valence electrons. The molecule has 2 aromatic carbocycles. The molecule has 0 aliphatic heterocycles. The van der Waals surface area contributed by atoms with Crippen molar-refractivity contribution >= 4 is 32.6 Å². The number of nitrogens with zero attached hydrogens (tertiary/aromatic N) is 1. The quantitative estimate of drug-likeness (QED) is 0.727. The molecule has 3 aromatic rings. The number of carbonyl (C=O) groups excluding carboxylic acids is 1. The molecule has 1 atom stereocenters. The number of ether oxygens (including phenoxy) is 3. The normalized spacial score (nSPS) is 11.8. The van der Waals surface area contributed by atoms with E-state index in [1.165, 1.54) is 11.3 Å². The average Bonchev–Trinajstić information content (AvgIpc) is 3.05. The molecule has 1 amide bonds. The van der Waals surface area contributed by atoms with E-state index >= 15 is 0 Å². The van der Waals surface area contributed by atoms with Crippen molar-refractivity contribution in [3.63, 3.8) is 0 Å². The van der Waals surface area contributed by atoms with Crippen LogP contribution in [-0.4, -0.2) is 31.2 Å². The summed E-state index contributed by atoms with van der Waals surface area (Å²) in [5.74, 6) is 1.67. The molecule has 1 unspecified atom stereocenters. The minimum atomic E-state index is -0.654. The number of thiazole rings is 1. The van der Waals surface area contributed by atoms with Gasteiger partial charge >= 0.3 is 0 Å². The summed E-state index contributed by atoms with van der Waals surface area (Å²) in [6.07, 6.45) is -0.654. The number of amides is 1. The summed E-state index contributed by atoms with van der Waals surface area (Å²) in [7, 11) is 3.17. The first-order valence-corrected chi connectivity index (χ1v) is 8.48. The standard InChI is InChI=1S/C18H18N2O4S/c1-11(24-12-7-5-4-6-8-12)17(21)20-18-19-15-13(22-2)9-10-14(23-3)16(15)25-18/h4-11H,1-3H3,(H,19,20,21). The van der Waals surface area contributed by atoms with Crippen molar-refractivity contribution in [2.75, 3.05) is 19.5 Å². The first-order chi connectivity index (χ1) is 12.1. The maximum absolute atomic E-state index is 12.4. The Morgan fingerprint density at radius 2 is 1.76 bits per heavy atom. The summed E-state index contributed by atoms with van der Waals surface area (Å²) < 4.78 is 17.1. The van der Waals surface area contributed by atoms with Crippen LogP contribution in [-0.2, 0) is 4.79 Å². The van der Waals surface area contributed by atoms with Crippen molar-refractivity contribution in [2.45, 2.75) is 13.0 Å². The van der Waals surface area contributed by atoms with E-state index in [2.05, 4.69) is 10.3 Å². The monoisotopic (exact) mass is 358 g/mol. The van der Waals surface area contributed by atoms with Crippen LogP contribution in [0.2, 0.25) is 0 Å². The number of para-hydroxylation sites is 1. The summed E-state index contributed by atoms with van der Waals surface area (Å²) in [5.41, 5.74) is 0.652. The van der Waals surface area contributed by atoms with Gasteiger partial charge in [-0.15, -0.1) is 0 Å². The Morgan fingerprint density at radius 3 is 2.44 bits per heavy atom. The fourth-order valence-corrected chi connectivity index (χ4v) is 3.28. The van der Waals surface area contributed by atoms with Crippen LogP contribution in [0.5, 0.6) is 17.2 Å². The van der Waals surface area contributed by atoms with E-state index in [-0.39, 0.29) is 5.91 Å². The highest BCUT2D eigenvalue weighted by atomic mass is 32.1. The molecule has 6 nitrogen and oxygen atoms in total. The van der Waals surface area contributed by atoms with E-state index in [0.29, 0.717) is 27.9 Å². The SMILES string of the molecule is COc1ccc(OC)c2sc(NC(=O)C(C)Oc3ccccc3)nc12. The zero-order chi connectivity index (χ0) is 17.8. The second kappa shape index (κ2) is 7.40. The van der Waals surface area contributed by atoms with Crippen molar-refractivity contribution in [3.8, 4) is 17.2 Å². The minimum absolute atomic E-state index is 0.277. The van der Waals surface area contributed by atoms with Gasteiger partial charge in [0.15, 0.2) is 11.2 Å². The van der Waals surface area contributed by atoms with Crippen LogP contribution in [0.15, 0.2) is 42.5 Å². The van der Waals surface area contributed by atoms with Crippen LogP contribution in [0.25, 0.3) is 10.2 Å². The molecule has 0 radical (unpaired) electrons. The molecule has 0 aliphatic carbocycles. The summed E-state index contributed by atoms with van der Waals surface area (Å²) in [6, 6.07) is 12.8. The predicted octanol–water partition coefficient (Wildman–Crippen LogP) is 3.72.